The van der Waals surface area contributed by atoms with Crippen LogP contribution in [-0.2, 0) is 16.1 Å². The van der Waals surface area contributed by atoms with E-state index in [4.69, 9.17) is 9.47 Å². The summed E-state index contributed by atoms with van der Waals surface area (Å²) in [5.74, 6) is -0.126. The molecule has 7 heteroatoms. The van der Waals surface area contributed by atoms with Crippen LogP contribution in [0.5, 0.6) is 5.75 Å². The van der Waals surface area contributed by atoms with Gasteiger partial charge in [-0.05, 0) is 36.8 Å². The molecule has 0 fully saturated rings. The first-order valence-corrected chi connectivity index (χ1v) is 9.70. The summed E-state index contributed by atoms with van der Waals surface area (Å²) < 4.78 is 10.6. The maximum Gasteiger partial charge on any atom is 0.325 e. The standard InChI is InChI=1S/C21H20N2O4S/c1-2-26-17-10-8-16(9-11-17)21-23-18(14-28-21)20(25)22-12-19(24)27-13-15-6-4-3-5-7-15/h3-11,14H,2,12-13H2,1H3,(H,22,25). The first kappa shape index (κ1) is 19.6. The van der Waals surface area contributed by atoms with E-state index >= 15 is 0 Å². The number of hydrogen-bond acceptors (Lipinski definition) is 6. The van der Waals surface area contributed by atoms with E-state index in [0.29, 0.717) is 6.61 Å². The van der Waals surface area contributed by atoms with Crippen molar-refractivity contribution < 1.29 is 19.1 Å². The van der Waals surface area contributed by atoms with Crippen LogP contribution in [0.15, 0.2) is 60.0 Å². The SMILES string of the molecule is CCOc1ccc(-c2nc(C(=O)NCC(=O)OCc3ccccc3)cs2)cc1. The second kappa shape index (κ2) is 9.66. The highest BCUT2D eigenvalue weighted by Crippen LogP contribution is 2.25. The normalized spacial score (nSPS) is 10.3. The molecule has 0 aliphatic rings. The number of aromatic nitrogens is 1. The van der Waals surface area contributed by atoms with Crippen molar-refractivity contribution in [2.75, 3.05) is 13.2 Å². The van der Waals surface area contributed by atoms with E-state index < -0.39 is 11.9 Å². The van der Waals surface area contributed by atoms with Gasteiger partial charge in [0, 0.05) is 10.9 Å². The summed E-state index contributed by atoms with van der Waals surface area (Å²) >= 11 is 1.36. The maximum atomic E-state index is 12.2. The molecule has 0 radical (unpaired) electrons. The minimum atomic E-state index is -0.501. The molecule has 1 heterocycles. The fourth-order valence-electron chi connectivity index (χ4n) is 2.40. The molecule has 0 spiro atoms. The van der Waals surface area contributed by atoms with Crippen LogP contribution in [0.2, 0.25) is 0 Å². The summed E-state index contributed by atoms with van der Waals surface area (Å²) in [7, 11) is 0. The number of hydrogen-bond donors (Lipinski definition) is 1. The van der Waals surface area contributed by atoms with Gasteiger partial charge < -0.3 is 14.8 Å². The smallest absolute Gasteiger partial charge is 0.325 e. The van der Waals surface area contributed by atoms with Gasteiger partial charge in [-0.2, -0.15) is 0 Å². The third-order valence-corrected chi connectivity index (χ3v) is 4.68. The Morgan fingerprint density at radius 2 is 1.82 bits per heavy atom. The second-order valence-corrected chi connectivity index (χ2v) is 6.68. The lowest BCUT2D eigenvalue weighted by Crippen LogP contribution is -2.30. The Hall–Kier alpha value is -3.19. The Morgan fingerprint density at radius 1 is 1.07 bits per heavy atom. The number of carbonyl (C=O) groups excluding carboxylic acids is 2. The number of nitrogens with one attached hydrogen (secondary N) is 1. The van der Waals surface area contributed by atoms with E-state index in [9.17, 15) is 9.59 Å². The van der Waals surface area contributed by atoms with Gasteiger partial charge in [0.15, 0.2) is 0 Å². The summed E-state index contributed by atoms with van der Waals surface area (Å²) in [5, 5.41) is 4.92. The lowest BCUT2D eigenvalue weighted by atomic mass is 10.2. The molecule has 1 aromatic heterocycles. The van der Waals surface area contributed by atoms with Crippen LogP contribution in [0.1, 0.15) is 23.0 Å². The Kier molecular flexibility index (Phi) is 6.75. The summed E-state index contributed by atoms with van der Waals surface area (Å²) in [5.41, 5.74) is 2.06. The Balaban J connectivity index is 1.50. The molecule has 2 aromatic carbocycles. The molecule has 0 aliphatic heterocycles. The van der Waals surface area contributed by atoms with Gasteiger partial charge >= 0.3 is 5.97 Å². The van der Waals surface area contributed by atoms with E-state index in [1.807, 2.05) is 61.5 Å². The average molecular weight is 396 g/mol. The molecule has 0 bridgehead atoms. The fourth-order valence-corrected chi connectivity index (χ4v) is 3.21. The lowest BCUT2D eigenvalue weighted by molar-refractivity contribution is -0.143. The molecule has 0 atom stereocenters. The van der Waals surface area contributed by atoms with Crippen LogP contribution in [0.25, 0.3) is 10.6 Å². The number of nitrogens with zero attached hydrogens (tertiary/aromatic N) is 1. The maximum absolute atomic E-state index is 12.2. The molecule has 28 heavy (non-hydrogen) atoms. The topological polar surface area (TPSA) is 77.5 Å². The number of ether oxygens (including phenoxy) is 2. The zero-order chi connectivity index (χ0) is 19.8. The van der Waals surface area contributed by atoms with Crippen molar-refractivity contribution in [3.8, 4) is 16.3 Å². The first-order valence-electron chi connectivity index (χ1n) is 8.82. The number of benzene rings is 2. The molecule has 6 nitrogen and oxygen atoms in total. The van der Waals surface area contributed by atoms with Gasteiger partial charge in [-0.1, -0.05) is 30.3 Å². The van der Waals surface area contributed by atoms with Gasteiger partial charge in [-0.15, -0.1) is 11.3 Å². The third kappa shape index (κ3) is 5.40. The minimum Gasteiger partial charge on any atom is -0.494 e. The molecule has 0 aliphatic carbocycles. The van der Waals surface area contributed by atoms with E-state index in [2.05, 4.69) is 10.3 Å². The van der Waals surface area contributed by atoms with Crippen molar-refractivity contribution in [1.29, 1.82) is 0 Å². The molecule has 0 saturated carbocycles. The number of amides is 1. The molecular formula is C21H20N2O4S. The van der Waals surface area contributed by atoms with Crippen molar-refractivity contribution in [2.24, 2.45) is 0 Å². The quantitative estimate of drug-likeness (QED) is 0.588. The Bertz CT molecular complexity index is 923. The van der Waals surface area contributed by atoms with Crippen LogP contribution in [0, 0.1) is 0 Å². The molecule has 0 saturated heterocycles. The van der Waals surface area contributed by atoms with E-state index in [-0.39, 0.29) is 18.8 Å². The summed E-state index contributed by atoms with van der Waals surface area (Å²) in [6.45, 7) is 2.50. The van der Waals surface area contributed by atoms with E-state index in [0.717, 1.165) is 21.9 Å². The van der Waals surface area contributed by atoms with Crippen molar-refractivity contribution in [2.45, 2.75) is 13.5 Å². The Labute approximate surface area is 167 Å². The van der Waals surface area contributed by atoms with Gasteiger partial charge in [0.1, 0.15) is 29.6 Å². The average Bonchev–Trinajstić information content (AvgIpc) is 3.22. The fraction of sp³-hybridized carbons (Fsp3) is 0.190. The molecule has 3 aromatic rings. The number of carbonyl (C=O) groups is 2. The highest BCUT2D eigenvalue weighted by Gasteiger charge is 2.13. The molecule has 0 unspecified atom stereocenters. The van der Waals surface area contributed by atoms with Crippen LogP contribution < -0.4 is 10.1 Å². The van der Waals surface area contributed by atoms with Crippen LogP contribution in [0.3, 0.4) is 0 Å². The lowest BCUT2D eigenvalue weighted by Gasteiger charge is -2.05. The van der Waals surface area contributed by atoms with Crippen molar-refractivity contribution in [3.05, 3.63) is 71.2 Å². The van der Waals surface area contributed by atoms with Crippen molar-refractivity contribution in [1.82, 2.24) is 10.3 Å². The van der Waals surface area contributed by atoms with E-state index in [1.54, 1.807) is 5.38 Å². The molecule has 1 amide bonds. The van der Waals surface area contributed by atoms with Crippen molar-refractivity contribution >= 4 is 23.2 Å². The zero-order valence-corrected chi connectivity index (χ0v) is 16.2. The van der Waals surface area contributed by atoms with Crippen molar-refractivity contribution in [3.63, 3.8) is 0 Å². The van der Waals surface area contributed by atoms with Crippen LogP contribution >= 0.6 is 11.3 Å². The van der Waals surface area contributed by atoms with Gasteiger partial charge in [-0.3, -0.25) is 9.59 Å². The van der Waals surface area contributed by atoms with Crippen LogP contribution in [-0.4, -0.2) is 30.0 Å². The predicted molar refractivity (Wildman–Crippen MR) is 107 cm³/mol. The van der Waals surface area contributed by atoms with Gasteiger partial charge in [0.2, 0.25) is 0 Å². The number of rotatable bonds is 8. The summed E-state index contributed by atoms with van der Waals surface area (Å²) in [6.07, 6.45) is 0. The van der Waals surface area contributed by atoms with Gasteiger partial charge in [0.05, 0.1) is 6.61 Å². The molecule has 3 rings (SSSR count). The summed E-state index contributed by atoms with van der Waals surface area (Å²) in [4.78, 5) is 28.4. The molecular weight excluding hydrogens is 376 g/mol. The summed E-state index contributed by atoms with van der Waals surface area (Å²) in [6, 6.07) is 16.9. The second-order valence-electron chi connectivity index (χ2n) is 5.82. The minimum absolute atomic E-state index is 0.175. The highest BCUT2D eigenvalue weighted by molar-refractivity contribution is 7.13. The van der Waals surface area contributed by atoms with E-state index in [1.165, 1.54) is 11.3 Å². The highest BCUT2D eigenvalue weighted by atomic mass is 32.1. The molecule has 144 valence electrons. The first-order chi connectivity index (χ1) is 13.7. The zero-order valence-electron chi connectivity index (χ0n) is 15.4. The third-order valence-electron chi connectivity index (χ3n) is 3.79. The monoisotopic (exact) mass is 396 g/mol. The Morgan fingerprint density at radius 3 is 2.54 bits per heavy atom. The number of esters is 1. The molecule has 1 N–H and O–H groups in total. The van der Waals surface area contributed by atoms with Gasteiger partial charge in [-0.25, -0.2) is 4.98 Å². The largest absolute Gasteiger partial charge is 0.494 e. The predicted octanol–water partition coefficient (Wildman–Crippen LogP) is 3.68. The van der Waals surface area contributed by atoms with Crippen LogP contribution in [0.4, 0.5) is 0 Å². The number of thiazole rings is 1. The van der Waals surface area contributed by atoms with Gasteiger partial charge in [0.25, 0.3) is 5.91 Å².